The van der Waals surface area contributed by atoms with Crippen LogP contribution in [0.4, 0.5) is 22.1 Å². The molecule has 1 aromatic carbocycles. The Morgan fingerprint density at radius 1 is 1.20 bits per heavy atom. The van der Waals surface area contributed by atoms with E-state index in [0.29, 0.717) is 17.5 Å². The second kappa shape index (κ2) is 7.29. The lowest BCUT2D eigenvalue weighted by Crippen LogP contribution is -2.48. The fourth-order valence-corrected chi connectivity index (χ4v) is 4.13. The van der Waals surface area contributed by atoms with Crippen molar-refractivity contribution >= 4 is 23.4 Å². The smallest absolute Gasteiger partial charge is 0.329 e. The van der Waals surface area contributed by atoms with Crippen LogP contribution in [0.5, 0.6) is 5.88 Å². The van der Waals surface area contributed by atoms with E-state index < -0.39 is 0 Å². The van der Waals surface area contributed by atoms with Crippen LogP contribution in [0, 0.1) is 6.92 Å². The van der Waals surface area contributed by atoms with Gasteiger partial charge in [-0.25, -0.2) is 19.7 Å². The van der Waals surface area contributed by atoms with Crippen LogP contribution in [0.15, 0.2) is 48.8 Å². The third kappa shape index (κ3) is 3.20. The molecule has 8 nitrogen and oxygen atoms in total. The number of nitrogens with zero attached hydrogens (tertiary/aromatic N) is 5. The van der Waals surface area contributed by atoms with Gasteiger partial charge in [-0.1, -0.05) is 23.8 Å². The molecule has 1 saturated heterocycles. The number of fused-ring (bicyclic) bond motifs is 4. The van der Waals surface area contributed by atoms with Crippen LogP contribution >= 0.6 is 0 Å². The van der Waals surface area contributed by atoms with Crippen LogP contribution in [-0.2, 0) is 0 Å². The predicted octanol–water partition coefficient (Wildman–Crippen LogP) is 3.49. The molecule has 4 heterocycles. The Labute approximate surface area is 174 Å². The van der Waals surface area contributed by atoms with Crippen molar-refractivity contribution in [1.82, 2.24) is 15.0 Å². The number of carbonyl (C=O) groups is 1. The van der Waals surface area contributed by atoms with Gasteiger partial charge in [-0.3, -0.25) is 10.2 Å². The molecule has 2 aliphatic rings. The van der Waals surface area contributed by atoms with Crippen molar-refractivity contribution in [3.63, 3.8) is 0 Å². The highest BCUT2D eigenvalue weighted by molar-refractivity contribution is 6.04. The van der Waals surface area contributed by atoms with Crippen molar-refractivity contribution < 1.29 is 9.53 Å². The van der Waals surface area contributed by atoms with Crippen molar-refractivity contribution in [2.75, 3.05) is 35.3 Å². The van der Waals surface area contributed by atoms with Crippen LogP contribution in [0.1, 0.15) is 12.0 Å². The van der Waals surface area contributed by atoms with Gasteiger partial charge < -0.3 is 9.64 Å². The van der Waals surface area contributed by atoms with Gasteiger partial charge in [0.1, 0.15) is 12.1 Å². The van der Waals surface area contributed by atoms with E-state index in [1.165, 1.54) is 19.0 Å². The van der Waals surface area contributed by atoms with Crippen molar-refractivity contribution in [3.8, 4) is 17.1 Å². The molecule has 0 saturated carbocycles. The molecule has 2 amide bonds. The highest BCUT2D eigenvalue weighted by Gasteiger charge is 2.40. The summed E-state index contributed by atoms with van der Waals surface area (Å²) in [5, 5.41) is 2.88. The first-order valence-corrected chi connectivity index (χ1v) is 9.91. The van der Waals surface area contributed by atoms with E-state index in [4.69, 9.17) is 9.72 Å². The Balaban J connectivity index is 1.52. The number of pyridine rings is 1. The minimum absolute atomic E-state index is 0.0708. The van der Waals surface area contributed by atoms with Crippen LogP contribution in [0.3, 0.4) is 0 Å². The average molecular weight is 402 g/mol. The molecule has 1 N–H and O–H groups in total. The van der Waals surface area contributed by atoms with E-state index in [0.717, 1.165) is 36.5 Å². The molecule has 2 aliphatic heterocycles. The van der Waals surface area contributed by atoms with Gasteiger partial charge >= 0.3 is 6.03 Å². The highest BCUT2D eigenvalue weighted by Crippen LogP contribution is 2.40. The van der Waals surface area contributed by atoms with E-state index in [1.54, 1.807) is 11.0 Å². The number of nitrogens with one attached hydrogen (secondary N) is 1. The van der Waals surface area contributed by atoms with Crippen LogP contribution in [-0.4, -0.2) is 47.2 Å². The average Bonchev–Trinajstić information content (AvgIpc) is 3.18. The van der Waals surface area contributed by atoms with Crippen LogP contribution < -0.4 is 19.9 Å². The van der Waals surface area contributed by atoms with Gasteiger partial charge in [0.25, 0.3) is 0 Å². The fraction of sp³-hybridized carbons (Fsp3) is 0.273. The number of methoxy groups -OCH3 is 1. The molecule has 2 bridgehead atoms. The number of aromatic nitrogens is 3. The van der Waals surface area contributed by atoms with Crippen LogP contribution in [0.25, 0.3) is 11.3 Å². The number of rotatable bonds is 3. The number of aryl methyl sites for hydroxylation is 1. The molecule has 0 spiro atoms. The van der Waals surface area contributed by atoms with Crippen molar-refractivity contribution in [2.24, 2.45) is 0 Å². The molecule has 3 aromatic rings. The summed E-state index contributed by atoms with van der Waals surface area (Å²) in [5.74, 6) is 1.47. The van der Waals surface area contributed by atoms with Gasteiger partial charge in [-0.2, -0.15) is 0 Å². The molecule has 0 aliphatic carbocycles. The molecule has 1 atom stereocenters. The highest BCUT2D eigenvalue weighted by atomic mass is 16.5. The van der Waals surface area contributed by atoms with Crippen LogP contribution in [0.2, 0.25) is 0 Å². The maximum Gasteiger partial charge on any atom is 0.329 e. The Hall–Kier alpha value is -3.68. The first-order chi connectivity index (χ1) is 14.6. The van der Waals surface area contributed by atoms with E-state index in [-0.39, 0.29) is 12.1 Å². The largest absolute Gasteiger partial charge is 0.481 e. The summed E-state index contributed by atoms with van der Waals surface area (Å²) >= 11 is 0. The zero-order valence-electron chi connectivity index (χ0n) is 16.9. The Kier molecular flexibility index (Phi) is 4.46. The minimum Gasteiger partial charge on any atom is -0.481 e. The summed E-state index contributed by atoms with van der Waals surface area (Å²) in [6.07, 6.45) is 2.26. The van der Waals surface area contributed by atoms with Crippen molar-refractivity contribution in [3.05, 3.63) is 54.4 Å². The van der Waals surface area contributed by atoms with Crippen molar-refractivity contribution in [1.29, 1.82) is 0 Å². The van der Waals surface area contributed by atoms with Gasteiger partial charge in [0.2, 0.25) is 5.88 Å². The summed E-state index contributed by atoms with van der Waals surface area (Å²) in [6, 6.07) is 13.7. The summed E-state index contributed by atoms with van der Waals surface area (Å²) in [5.41, 5.74) is 4.03. The third-order valence-electron chi connectivity index (χ3n) is 5.57. The molecule has 30 heavy (non-hydrogen) atoms. The van der Waals surface area contributed by atoms with Gasteiger partial charge in [-0.05, 0) is 31.5 Å². The van der Waals surface area contributed by atoms with Gasteiger partial charge in [0.05, 0.1) is 24.5 Å². The van der Waals surface area contributed by atoms with Gasteiger partial charge in [0.15, 0.2) is 5.82 Å². The zero-order valence-corrected chi connectivity index (χ0v) is 16.9. The molecule has 5 rings (SSSR count). The van der Waals surface area contributed by atoms with E-state index >= 15 is 0 Å². The lowest BCUT2D eigenvalue weighted by molar-refractivity contribution is 0.254. The Morgan fingerprint density at radius 3 is 2.93 bits per heavy atom. The Bertz CT molecular complexity index is 1120. The lowest BCUT2D eigenvalue weighted by atomic mass is 10.1. The monoisotopic (exact) mass is 402 g/mol. The summed E-state index contributed by atoms with van der Waals surface area (Å²) < 4.78 is 5.13. The maximum atomic E-state index is 13.3. The SMILES string of the molecule is COc1cc(NC(=O)N2c3nc(-c4cccc(C)c4)ccc3N3CC[C@@H]2C3)ncn1. The quantitative estimate of drug-likeness (QED) is 0.722. The maximum absolute atomic E-state index is 13.3. The number of ether oxygens (including phenoxy) is 1. The zero-order chi connectivity index (χ0) is 20.7. The predicted molar refractivity (Wildman–Crippen MR) is 115 cm³/mol. The van der Waals surface area contributed by atoms with Gasteiger partial charge in [-0.15, -0.1) is 0 Å². The summed E-state index contributed by atoms with van der Waals surface area (Å²) in [7, 11) is 1.53. The normalized spacial score (nSPS) is 16.9. The van der Waals surface area contributed by atoms with Gasteiger partial charge in [0, 0.05) is 24.7 Å². The number of anilines is 3. The number of benzene rings is 1. The molecule has 0 radical (unpaired) electrons. The molecule has 0 unspecified atom stereocenters. The first-order valence-electron chi connectivity index (χ1n) is 9.91. The minimum atomic E-state index is -0.252. The topological polar surface area (TPSA) is 83.5 Å². The number of amides is 2. The summed E-state index contributed by atoms with van der Waals surface area (Å²) in [4.78, 5) is 30.4. The molecular weight excluding hydrogens is 380 g/mol. The van der Waals surface area contributed by atoms with E-state index in [1.807, 2.05) is 18.2 Å². The van der Waals surface area contributed by atoms with E-state index in [2.05, 4.69) is 45.3 Å². The lowest BCUT2D eigenvalue weighted by Gasteiger charge is -2.35. The van der Waals surface area contributed by atoms with E-state index in [9.17, 15) is 4.79 Å². The summed E-state index contributed by atoms with van der Waals surface area (Å²) in [6.45, 7) is 3.77. The number of hydrogen-bond donors (Lipinski definition) is 1. The molecular formula is C22H22N6O2. The fourth-order valence-electron chi connectivity index (χ4n) is 4.13. The second-order valence-corrected chi connectivity index (χ2v) is 7.54. The number of urea groups is 1. The standard InChI is InChI=1S/C22H22N6O2/c1-14-4-3-5-15(10-14)17-6-7-18-21(25-17)28(16-8-9-27(18)12-16)22(29)26-19-11-20(30-2)24-13-23-19/h3-7,10-11,13,16H,8-9,12H2,1-2H3,(H,23,24,26,29)/t16-/m1/s1. The number of carbonyl (C=O) groups excluding carboxylic acids is 1. The molecule has 8 heteroatoms. The van der Waals surface area contributed by atoms with Crippen molar-refractivity contribution in [2.45, 2.75) is 19.4 Å². The Morgan fingerprint density at radius 2 is 2.10 bits per heavy atom. The molecule has 1 fully saturated rings. The third-order valence-corrected chi connectivity index (χ3v) is 5.57. The first kappa shape index (κ1) is 18.4. The molecule has 152 valence electrons. The second-order valence-electron chi connectivity index (χ2n) is 7.54. The molecule has 2 aromatic heterocycles. The number of hydrogen-bond acceptors (Lipinski definition) is 6.